The standard InChI is InChI=1S/C16H20N6O/c1-9(17)7-18-13-5-4-11(14-6-10(2)21-22-14)15-12(13)8-19-16(20-15)23-3/h4-6,8-9,18H,7,17H2,1-3H3,(H,21,22)/t9-/m1/s1. The van der Waals surface area contributed by atoms with Crippen LogP contribution in [0.25, 0.3) is 22.2 Å². The summed E-state index contributed by atoms with van der Waals surface area (Å²) in [5.74, 6) is 0. The van der Waals surface area contributed by atoms with Crippen LogP contribution in [-0.2, 0) is 0 Å². The first-order valence-electron chi connectivity index (χ1n) is 7.44. The molecular weight excluding hydrogens is 292 g/mol. The van der Waals surface area contributed by atoms with Crippen LogP contribution < -0.4 is 15.8 Å². The lowest BCUT2D eigenvalue weighted by Gasteiger charge is -2.13. The van der Waals surface area contributed by atoms with Gasteiger partial charge >= 0.3 is 6.01 Å². The minimum atomic E-state index is 0.0536. The van der Waals surface area contributed by atoms with Gasteiger partial charge in [0.15, 0.2) is 0 Å². The highest BCUT2D eigenvalue weighted by Crippen LogP contribution is 2.32. The number of nitrogens with two attached hydrogens (primary N) is 1. The highest BCUT2D eigenvalue weighted by molar-refractivity contribution is 6.00. The highest BCUT2D eigenvalue weighted by Gasteiger charge is 2.13. The molecule has 7 heteroatoms. The number of fused-ring (bicyclic) bond motifs is 1. The van der Waals surface area contributed by atoms with Gasteiger partial charge in [-0.1, -0.05) is 0 Å². The third kappa shape index (κ3) is 3.09. The number of benzene rings is 1. The molecule has 7 nitrogen and oxygen atoms in total. The molecule has 0 spiro atoms. The molecule has 2 aromatic heterocycles. The Hall–Kier alpha value is -2.67. The minimum absolute atomic E-state index is 0.0536. The van der Waals surface area contributed by atoms with Crippen LogP contribution in [0.3, 0.4) is 0 Å². The number of aromatic amines is 1. The van der Waals surface area contributed by atoms with Crippen LogP contribution in [-0.4, -0.2) is 39.9 Å². The Kier molecular flexibility index (Phi) is 4.12. The van der Waals surface area contributed by atoms with Crippen molar-refractivity contribution in [2.24, 2.45) is 5.73 Å². The number of nitrogens with zero attached hydrogens (tertiary/aromatic N) is 3. The Labute approximate surface area is 134 Å². The molecule has 1 aromatic carbocycles. The first-order chi connectivity index (χ1) is 11.1. The fourth-order valence-electron chi connectivity index (χ4n) is 2.39. The average Bonchev–Trinajstić information content (AvgIpc) is 2.98. The number of hydrogen-bond donors (Lipinski definition) is 3. The van der Waals surface area contributed by atoms with Gasteiger partial charge < -0.3 is 15.8 Å². The summed E-state index contributed by atoms with van der Waals surface area (Å²) in [5, 5.41) is 11.5. The molecule has 0 amide bonds. The summed E-state index contributed by atoms with van der Waals surface area (Å²) in [6.45, 7) is 4.59. The molecule has 0 saturated carbocycles. The van der Waals surface area contributed by atoms with Crippen LogP contribution in [0.4, 0.5) is 5.69 Å². The van der Waals surface area contributed by atoms with E-state index in [-0.39, 0.29) is 6.04 Å². The van der Waals surface area contributed by atoms with Crippen molar-refractivity contribution in [2.75, 3.05) is 19.0 Å². The van der Waals surface area contributed by atoms with Crippen LogP contribution in [0.1, 0.15) is 12.6 Å². The zero-order chi connectivity index (χ0) is 16.4. The van der Waals surface area contributed by atoms with E-state index >= 15 is 0 Å². The van der Waals surface area contributed by atoms with E-state index in [4.69, 9.17) is 10.5 Å². The van der Waals surface area contributed by atoms with Crippen molar-refractivity contribution in [3.63, 3.8) is 0 Å². The molecule has 0 aliphatic carbocycles. The van der Waals surface area contributed by atoms with Gasteiger partial charge in [0.2, 0.25) is 0 Å². The smallest absolute Gasteiger partial charge is 0.316 e. The normalized spacial score (nSPS) is 12.3. The number of nitrogens with one attached hydrogen (secondary N) is 2. The predicted octanol–water partition coefficient (Wildman–Crippen LogP) is 2.10. The number of ether oxygens (including phenoxy) is 1. The fraction of sp³-hybridized carbons (Fsp3) is 0.312. The van der Waals surface area contributed by atoms with Crippen LogP contribution in [0.5, 0.6) is 6.01 Å². The maximum atomic E-state index is 5.83. The molecule has 120 valence electrons. The summed E-state index contributed by atoms with van der Waals surface area (Å²) < 4.78 is 5.17. The van der Waals surface area contributed by atoms with Crippen molar-refractivity contribution < 1.29 is 4.74 Å². The van der Waals surface area contributed by atoms with E-state index in [2.05, 4.69) is 25.5 Å². The van der Waals surface area contributed by atoms with E-state index < -0.39 is 0 Å². The number of rotatable bonds is 5. The second-order valence-corrected chi connectivity index (χ2v) is 5.57. The number of H-pyrrole nitrogens is 1. The topological polar surface area (TPSA) is 102 Å². The largest absolute Gasteiger partial charge is 0.467 e. The molecule has 4 N–H and O–H groups in total. The van der Waals surface area contributed by atoms with Gasteiger partial charge in [-0.05, 0) is 32.0 Å². The Morgan fingerprint density at radius 3 is 2.87 bits per heavy atom. The zero-order valence-electron chi connectivity index (χ0n) is 13.4. The van der Waals surface area contributed by atoms with Crippen LogP contribution in [0.15, 0.2) is 24.4 Å². The average molecular weight is 312 g/mol. The molecule has 2 heterocycles. The number of hydrogen-bond acceptors (Lipinski definition) is 6. The van der Waals surface area contributed by atoms with Crippen LogP contribution >= 0.6 is 0 Å². The van der Waals surface area contributed by atoms with Crippen LogP contribution in [0, 0.1) is 6.92 Å². The molecule has 0 unspecified atom stereocenters. The number of methoxy groups -OCH3 is 1. The molecular formula is C16H20N6O. The van der Waals surface area contributed by atoms with Crippen molar-refractivity contribution in [3.05, 3.63) is 30.1 Å². The summed E-state index contributed by atoms with van der Waals surface area (Å²) in [4.78, 5) is 8.73. The summed E-state index contributed by atoms with van der Waals surface area (Å²) in [5.41, 5.74) is 10.3. The number of anilines is 1. The summed E-state index contributed by atoms with van der Waals surface area (Å²) >= 11 is 0. The third-order valence-electron chi connectivity index (χ3n) is 3.51. The molecule has 0 aliphatic rings. The number of aryl methyl sites for hydroxylation is 1. The van der Waals surface area contributed by atoms with Gasteiger partial charge in [-0.15, -0.1) is 0 Å². The minimum Gasteiger partial charge on any atom is -0.467 e. The Balaban J connectivity index is 2.15. The van der Waals surface area contributed by atoms with Gasteiger partial charge in [0.05, 0.1) is 18.3 Å². The highest BCUT2D eigenvalue weighted by atomic mass is 16.5. The second-order valence-electron chi connectivity index (χ2n) is 5.57. The Morgan fingerprint density at radius 2 is 2.22 bits per heavy atom. The van der Waals surface area contributed by atoms with E-state index in [0.717, 1.165) is 33.5 Å². The van der Waals surface area contributed by atoms with Crippen molar-refractivity contribution in [3.8, 4) is 17.3 Å². The van der Waals surface area contributed by atoms with Gasteiger partial charge in [0.1, 0.15) is 0 Å². The molecule has 0 bridgehead atoms. The zero-order valence-corrected chi connectivity index (χ0v) is 13.4. The maximum absolute atomic E-state index is 5.83. The monoisotopic (exact) mass is 312 g/mol. The lowest BCUT2D eigenvalue weighted by atomic mass is 10.1. The second kappa shape index (κ2) is 6.21. The molecule has 0 aliphatic heterocycles. The van der Waals surface area contributed by atoms with Crippen molar-refractivity contribution in [2.45, 2.75) is 19.9 Å². The van der Waals surface area contributed by atoms with E-state index in [1.165, 1.54) is 0 Å². The molecule has 3 aromatic rings. The predicted molar refractivity (Wildman–Crippen MR) is 90.5 cm³/mol. The molecule has 3 rings (SSSR count). The van der Waals surface area contributed by atoms with Gasteiger partial charge in [-0.2, -0.15) is 10.1 Å². The SMILES string of the molecule is COc1ncc2c(NC[C@@H](C)N)ccc(-c3cc(C)[nH]n3)c2n1. The molecule has 0 fully saturated rings. The lowest BCUT2D eigenvalue weighted by molar-refractivity contribution is 0.382. The van der Waals surface area contributed by atoms with E-state index in [1.807, 2.05) is 32.0 Å². The molecule has 0 saturated heterocycles. The summed E-state index contributed by atoms with van der Waals surface area (Å²) in [6, 6.07) is 6.36. The Bertz CT molecular complexity index is 827. The molecule has 23 heavy (non-hydrogen) atoms. The number of aromatic nitrogens is 4. The van der Waals surface area contributed by atoms with E-state index in [1.54, 1.807) is 13.3 Å². The van der Waals surface area contributed by atoms with Crippen molar-refractivity contribution in [1.29, 1.82) is 0 Å². The van der Waals surface area contributed by atoms with E-state index in [0.29, 0.717) is 12.6 Å². The van der Waals surface area contributed by atoms with Crippen LogP contribution in [0.2, 0.25) is 0 Å². The van der Waals surface area contributed by atoms with Gasteiger partial charge in [0, 0.05) is 41.1 Å². The quantitative estimate of drug-likeness (QED) is 0.667. The summed E-state index contributed by atoms with van der Waals surface area (Å²) in [6.07, 6.45) is 1.76. The Morgan fingerprint density at radius 1 is 1.39 bits per heavy atom. The first kappa shape index (κ1) is 15.2. The lowest BCUT2D eigenvalue weighted by Crippen LogP contribution is -2.25. The van der Waals surface area contributed by atoms with Crippen molar-refractivity contribution in [1.82, 2.24) is 20.2 Å². The third-order valence-corrected chi connectivity index (χ3v) is 3.51. The van der Waals surface area contributed by atoms with Gasteiger partial charge in [-0.3, -0.25) is 5.10 Å². The van der Waals surface area contributed by atoms with Gasteiger partial charge in [0.25, 0.3) is 0 Å². The molecule has 0 radical (unpaired) electrons. The van der Waals surface area contributed by atoms with E-state index in [9.17, 15) is 0 Å². The molecule has 1 atom stereocenters. The van der Waals surface area contributed by atoms with Crippen molar-refractivity contribution >= 4 is 16.6 Å². The maximum Gasteiger partial charge on any atom is 0.316 e. The summed E-state index contributed by atoms with van der Waals surface area (Å²) in [7, 11) is 1.55. The fourth-order valence-corrected chi connectivity index (χ4v) is 2.39. The van der Waals surface area contributed by atoms with Gasteiger partial charge in [-0.25, -0.2) is 4.98 Å². The first-order valence-corrected chi connectivity index (χ1v) is 7.44.